The van der Waals surface area contributed by atoms with Crippen molar-refractivity contribution >= 4 is 17.2 Å². The molecule has 2 aromatic rings. The molecule has 1 atom stereocenters. The lowest BCUT2D eigenvalue weighted by molar-refractivity contribution is 0.0739. The molecule has 6 nitrogen and oxygen atoms in total. The van der Waals surface area contributed by atoms with Crippen molar-refractivity contribution in [2.75, 3.05) is 20.1 Å². The molecule has 7 heteroatoms. The molecule has 0 aromatic carbocycles. The van der Waals surface area contributed by atoms with E-state index >= 15 is 0 Å². The number of amides is 1. The number of hydrogen-bond acceptors (Lipinski definition) is 5. The van der Waals surface area contributed by atoms with Crippen LogP contribution in [0.25, 0.3) is 0 Å². The fourth-order valence-corrected chi connectivity index (χ4v) is 3.53. The van der Waals surface area contributed by atoms with Crippen LogP contribution in [0.3, 0.4) is 0 Å². The van der Waals surface area contributed by atoms with Gasteiger partial charge in [0.05, 0.1) is 18.3 Å². The van der Waals surface area contributed by atoms with Gasteiger partial charge in [0, 0.05) is 11.9 Å². The van der Waals surface area contributed by atoms with Gasteiger partial charge in [0.2, 0.25) is 0 Å². The number of carbonyl (C=O) groups is 1. The normalized spacial score (nSPS) is 17.4. The van der Waals surface area contributed by atoms with Crippen LogP contribution in [0, 0.1) is 0 Å². The maximum absolute atomic E-state index is 12.6. The Hall–Kier alpha value is -1.73. The van der Waals surface area contributed by atoms with E-state index in [9.17, 15) is 4.79 Å². The van der Waals surface area contributed by atoms with Crippen molar-refractivity contribution in [2.45, 2.75) is 31.8 Å². The van der Waals surface area contributed by atoms with Crippen molar-refractivity contribution in [3.05, 3.63) is 34.3 Å². The molecule has 1 aliphatic rings. The minimum absolute atomic E-state index is 0.0385. The van der Waals surface area contributed by atoms with Crippen LogP contribution in [0.15, 0.2) is 23.7 Å². The number of piperidine rings is 1. The Kier molecular flexibility index (Phi) is 4.54. The van der Waals surface area contributed by atoms with E-state index in [0.717, 1.165) is 25.9 Å². The molecule has 118 valence electrons. The average molecular weight is 319 g/mol. The number of nitrogens with zero attached hydrogens (tertiary/aromatic N) is 4. The quantitative estimate of drug-likeness (QED) is 0.937. The van der Waals surface area contributed by atoms with Crippen LogP contribution in [0.5, 0.6) is 0 Å². The van der Waals surface area contributed by atoms with E-state index in [1.807, 2.05) is 36.2 Å². The molecule has 1 unspecified atom stereocenters. The van der Waals surface area contributed by atoms with Gasteiger partial charge in [-0.15, -0.1) is 16.4 Å². The Bertz CT molecular complexity index is 618. The van der Waals surface area contributed by atoms with Gasteiger partial charge < -0.3 is 10.2 Å². The first kappa shape index (κ1) is 15.2. The van der Waals surface area contributed by atoms with Gasteiger partial charge in [-0.2, -0.15) is 0 Å². The Morgan fingerprint density at radius 3 is 2.95 bits per heavy atom. The predicted octanol–water partition coefficient (Wildman–Crippen LogP) is 2.10. The van der Waals surface area contributed by atoms with Crippen molar-refractivity contribution in [1.29, 1.82) is 0 Å². The van der Waals surface area contributed by atoms with E-state index in [0.29, 0.717) is 11.7 Å². The SMILES string of the molecule is CC(c1cccs1)N(C)C(=O)c1cn(C2CCNCC2)nn1. The molecule has 1 N–H and O–H groups in total. The lowest BCUT2D eigenvalue weighted by atomic mass is 10.1. The van der Waals surface area contributed by atoms with E-state index in [2.05, 4.69) is 15.6 Å². The molecular weight excluding hydrogens is 298 g/mol. The molecule has 0 radical (unpaired) electrons. The van der Waals surface area contributed by atoms with Crippen LogP contribution in [0.4, 0.5) is 0 Å². The van der Waals surface area contributed by atoms with Crippen LogP contribution in [-0.2, 0) is 0 Å². The highest BCUT2D eigenvalue weighted by Crippen LogP contribution is 2.24. The molecule has 0 bridgehead atoms. The second-order valence-electron chi connectivity index (χ2n) is 5.67. The number of hydrogen-bond donors (Lipinski definition) is 1. The topological polar surface area (TPSA) is 63.1 Å². The standard InChI is InChI=1S/C15H21N5OS/c1-11(14-4-3-9-22-14)19(2)15(21)13-10-20(18-17-13)12-5-7-16-8-6-12/h3-4,9-12,16H,5-8H2,1-2H3. The summed E-state index contributed by atoms with van der Waals surface area (Å²) >= 11 is 1.66. The van der Waals surface area contributed by atoms with Gasteiger partial charge in [-0.1, -0.05) is 11.3 Å². The second-order valence-corrected chi connectivity index (χ2v) is 6.65. The molecule has 0 saturated carbocycles. The lowest BCUT2D eigenvalue weighted by Crippen LogP contribution is -2.30. The van der Waals surface area contributed by atoms with E-state index in [1.54, 1.807) is 22.4 Å². The third kappa shape index (κ3) is 3.05. The summed E-state index contributed by atoms with van der Waals surface area (Å²) in [4.78, 5) is 15.5. The molecule has 22 heavy (non-hydrogen) atoms. The van der Waals surface area contributed by atoms with E-state index in [1.165, 1.54) is 4.88 Å². The van der Waals surface area contributed by atoms with Gasteiger partial charge in [-0.25, -0.2) is 4.68 Å². The van der Waals surface area contributed by atoms with Crippen LogP contribution in [0.2, 0.25) is 0 Å². The Labute approximate surface area is 134 Å². The molecule has 0 aliphatic carbocycles. The fraction of sp³-hybridized carbons (Fsp3) is 0.533. The molecule has 1 saturated heterocycles. The van der Waals surface area contributed by atoms with Crippen molar-refractivity contribution < 1.29 is 4.79 Å². The largest absolute Gasteiger partial charge is 0.333 e. The fourth-order valence-electron chi connectivity index (χ4n) is 2.70. The Morgan fingerprint density at radius 2 is 2.27 bits per heavy atom. The van der Waals surface area contributed by atoms with Gasteiger partial charge in [0.25, 0.3) is 5.91 Å². The number of nitrogens with one attached hydrogen (secondary N) is 1. The van der Waals surface area contributed by atoms with Crippen molar-refractivity contribution in [1.82, 2.24) is 25.2 Å². The van der Waals surface area contributed by atoms with Crippen molar-refractivity contribution in [2.24, 2.45) is 0 Å². The first-order valence-corrected chi connectivity index (χ1v) is 8.48. The summed E-state index contributed by atoms with van der Waals surface area (Å²) in [6.07, 6.45) is 3.84. The number of aromatic nitrogens is 3. The van der Waals surface area contributed by atoms with Gasteiger partial charge in [0.15, 0.2) is 5.69 Å². The van der Waals surface area contributed by atoms with Crippen LogP contribution < -0.4 is 5.32 Å². The second kappa shape index (κ2) is 6.58. The molecule has 1 fully saturated rings. The summed E-state index contributed by atoms with van der Waals surface area (Å²) < 4.78 is 1.84. The third-order valence-electron chi connectivity index (χ3n) is 4.27. The first-order chi connectivity index (χ1) is 10.7. The maximum atomic E-state index is 12.6. The highest BCUT2D eigenvalue weighted by molar-refractivity contribution is 7.10. The van der Waals surface area contributed by atoms with Crippen molar-refractivity contribution in [3.63, 3.8) is 0 Å². The average Bonchev–Trinajstić information content (AvgIpc) is 3.25. The zero-order chi connectivity index (χ0) is 15.5. The first-order valence-electron chi connectivity index (χ1n) is 7.60. The van der Waals surface area contributed by atoms with E-state index in [-0.39, 0.29) is 11.9 Å². The zero-order valence-corrected chi connectivity index (χ0v) is 13.7. The lowest BCUT2D eigenvalue weighted by Gasteiger charge is -2.23. The highest BCUT2D eigenvalue weighted by atomic mass is 32.1. The van der Waals surface area contributed by atoms with Crippen molar-refractivity contribution in [3.8, 4) is 0 Å². The van der Waals surface area contributed by atoms with Crippen LogP contribution >= 0.6 is 11.3 Å². The number of rotatable bonds is 4. The van der Waals surface area contributed by atoms with Crippen LogP contribution in [0.1, 0.15) is 47.2 Å². The molecule has 3 heterocycles. The summed E-state index contributed by atoms with van der Waals surface area (Å²) in [5, 5.41) is 13.6. The van der Waals surface area contributed by atoms with Crippen LogP contribution in [-0.4, -0.2) is 45.9 Å². The molecule has 1 amide bonds. The maximum Gasteiger partial charge on any atom is 0.276 e. The summed E-state index contributed by atoms with van der Waals surface area (Å²) in [5.74, 6) is -0.0823. The van der Waals surface area contributed by atoms with Gasteiger partial charge in [-0.05, 0) is 44.3 Å². The monoisotopic (exact) mass is 319 g/mol. The summed E-state index contributed by atoms with van der Waals surface area (Å²) in [7, 11) is 1.82. The Balaban J connectivity index is 1.70. The minimum Gasteiger partial charge on any atom is -0.333 e. The van der Waals surface area contributed by atoms with E-state index in [4.69, 9.17) is 0 Å². The highest BCUT2D eigenvalue weighted by Gasteiger charge is 2.24. The number of thiophene rings is 1. The number of carbonyl (C=O) groups excluding carboxylic acids is 1. The molecule has 2 aromatic heterocycles. The summed E-state index contributed by atoms with van der Waals surface area (Å²) in [6.45, 7) is 4.01. The van der Waals surface area contributed by atoms with Gasteiger partial charge in [-0.3, -0.25) is 4.79 Å². The summed E-state index contributed by atoms with van der Waals surface area (Å²) in [5.41, 5.74) is 0.421. The Morgan fingerprint density at radius 1 is 1.50 bits per heavy atom. The van der Waals surface area contributed by atoms with Gasteiger partial charge in [0.1, 0.15) is 0 Å². The minimum atomic E-state index is -0.0823. The zero-order valence-electron chi connectivity index (χ0n) is 12.9. The third-order valence-corrected chi connectivity index (χ3v) is 5.31. The smallest absolute Gasteiger partial charge is 0.276 e. The molecule has 0 spiro atoms. The molecule has 3 rings (SSSR count). The predicted molar refractivity (Wildman–Crippen MR) is 86.0 cm³/mol. The molecular formula is C15H21N5OS. The molecule has 1 aliphatic heterocycles. The van der Waals surface area contributed by atoms with E-state index < -0.39 is 0 Å². The summed E-state index contributed by atoms with van der Waals surface area (Å²) in [6, 6.07) is 4.43. The van der Waals surface area contributed by atoms with Gasteiger partial charge >= 0.3 is 0 Å².